The third-order valence-corrected chi connectivity index (χ3v) is 7.41. The molecule has 2 saturated carbocycles. The van der Waals surface area contributed by atoms with Crippen LogP contribution in [0, 0.1) is 11.8 Å². The van der Waals surface area contributed by atoms with Gasteiger partial charge in [0.15, 0.2) is 0 Å². The van der Waals surface area contributed by atoms with Gasteiger partial charge in [0.1, 0.15) is 0 Å². The molecule has 21 heavy (non-hydrogen) atoms. The minimum atomic E-state index is -3.37. The van der Waals surface area contributed by atoms with Crippen LogP contribution in [-0.4, -0.2) is 20.5 Å². The molecule has 118 valence electrons. The third kappa shape index (κ3) is 3.67. The molecule has 0 amide bonds. The third-order valence-electron chi connectivity index (χ3n) is 4.85. The molecule has 0 spiro atoms. The first-order valence-corrected chi connectivity index (χ1v) is 10.1. The molecule has 3 unspecified atom stereocenters. The van der Waals surface area contributed by atoms with Crippen LogP contribution in [0.2, 0.25) is 0 Å². The molecule has 1 heterocycles. The summed E-state index contributed by atoms with van der Waals surface area (Å²) in [5, 5.41) is 5.18. The number of nitrogens with one attached hydrogen (secondary N) is 2. The van der Waals surface area contributed by atoms with Gasteiger partial charge in [-0.25, -0.2) is 13.1 Å². The lowest BCUT2D eigenvalue weighted by Crippen LogP contribution is -2.37. The van der Waals surface area contributed by atoms with Crippen LogP contribution >= 0.6 is 11.3 Å². The summed E-state index contributed by atoms with van der Waals surface area (Å²) in [5.74, 6) is 1.01. The average Bonchev–Trinajstić information content (AvgIpc) is 3.06. The Morgan fingerprint density at radius 2 is 2.00 bits per heavy atom. The molecule has 6 heteroatoms. The van der Waals surface area contributed by atoms with Crippen LogP contribution in [0.1, 0.15) is 44.4 Å². The van der Waals surface area contributed by atoms with Crippen molar-refractivity contribution < 1.29 is 8.42 Å². The van der Waals surface area contributed by atoms with Gasteiger partial charge in [0.25, 0.3) is 0 Å². The highest BCUT2D eigenvalue weighted by Gasteiger charge is 2.33. The van der Waals surface area contributed by atoms with E-state index in [0.717, 1.165) is 24.3 Å². The molecule has 0 radical (unpaired) electrons. The molecular formula is C15H24N2O2S2. The van der Waals surface area contributed by atoms with Crippen LogP contribution in [0.25, 0.3) is 0 Å². The maximum Gasteiger partial charge on any atom is 0.241 e. The number of sulfonamides is 1. The van der Waals surface area contributed by atoms with Crippen molar-refractivity contribution in [2.24, 2.45) is 11.8 Å². The van der Waals surface area contributed by atoms with Crippen molar-refractivity contribution >= 4 is 21.4 Å². The molecule has 1 aromatic rings. The van der Waals surface area contributed by atoms with Crippen molar-refractivity contribution in [3.63, 3.8) is 0 Å². The van der Waals surface area contributed by atoms with E-state index in [0.29, 0.717) is 22.8 Å². The van der Waals surface area contributed by atoms with Gasteiger partial charge in [-0.15, -0.1) is 11.3 Å². The fourth-order valence-electron chi connectivity index (χ4n) is 2.92. The Kier molecular flexibility index (Phi) is 4.41. The largest absolute Gasteiger partial charge is 0.309 e. The Bertz CT molecular complexity index is 593. The Morgan fingerprint density at radius 1 is 1.24 bits per heavy atom. The van der Waals surface area contributed by atoms with E-state index in [-0.39, 0.29) is 6.04 Å². The van der Waals surface area contributed by atoms with Gasteiger partial charge in [0, 0.05) is 28.9 Å². The lowest BCUT2D eigenvalue weighted by Gasteiger charge is -2.19. The van der Waals surface area contributed by atoms with Crippen LogP contribution < -0.4 is 10.0 Å². The van der Waals surface area contributed by atoms with E-state index in [1.165, 1.54) is 24.2 Å². The molecule has 0 bridgehead atoms. The number of hydrogen-bond acceptors (Lipinski definition) is 4. The smallest absolute Gasteiger partial charge is 0.241 e. The highest BCUT2D eigenvalue weighted by molar-refractivity contribution is 7.89. The first-order valence-electron chi connectivity index (χ1n) is 7.79. The summed E-state index contributed by atoms with van der Waals surface area (Å²) < 4.78 is 27.9. The van der Waals surface area contributed by atoms with Crippen molar-refractivity contribution in [1.29, 1.82) is 0 Å². The molecule has 0 aliphatic heterocycles. The maximum absolute atomic E-state index is 12.5. The van der Waals surface area contributed by atoms with Gasteiger partial charge in [-0.05, 0) is 43.6 Å². The van der Waals surface area contributed by atoms with Gasteiger partial charge in [0.05, 0.1) is 4.90 Å². The van der Waals surface area contributed by atoms with E-state index in [2.05, 4.69) is 23.9 Å². The average molecular weight is 329 g/mol. The summed E-state index contributed by atoms with van der Waals surface area (Å²) >= 11 is 1.52. The summed E-state index contributed by atoms with van der Waals surface area (Å²) in [6.07, 6.45) is 4.54. The van der Waals surface area contributed by atoms with Gasteiger partial charge < -0.3 is 5.32 Å². The van der Waals surface area contributed by atoms with E-state index < -0.39 is 10.0 Å². The van der Waals surface area contributed by atoms with Crippen LogP contribution in [0.4, 0.5) is 0 Å². The Hall–Kier alpha value is -0.430. The lowest BCUT2D eigenvalue weighted by atomic mass is 9.98. The Morgan fingerprint density at radius 3 is 2.62 bits per heavy atom. The molecule has 0 saturated heterocycles. The zero-order chi connectivity index (χ0) is 15.0. The van der Waals surface area contributed by atoms with Crippen LogP contribution in [-0.2, 0) is 16.6 Å². The van der Waals surface area contributed by atoms with Crippen molar-refractivity contribution in [3.8, 4) is 0 Å². The summed E-state index contributed by atoms with van der Waals surface area (Å²) in [6, 6.07) is 2.54. The second-order valence-electron chi connectivity index (χ2n) is 6.55. The fourth-order valence-corrected chi connectivity index (χ4v) is 5.51. The predicted molar refractivity (Wildman–Crippen MR) is 85.9 cm³/mol. The lowest BCUT2D eigenvalue weighted by molar-refractivity contribution is 0.402. The molecule has 2 aliphatic carbocycles. The molecule has 2 aliphatic rings. The summed E-state index contributed by atoms with van der Waals surface area (Å²) in [6.45, 7) is 5.12. The molecule has 2 N–H and O–H groups in total. The highest BCUT2D eigenvalue weighted by Crippen LogP contribution is 2.32. The molecule has 4 nitrogen and oxygen atoms in total. The van der Waals surface area contributed by atoms with Gasteiger partial charge in [-0.2, -0.15) is 0 Å². The van der Waals surface area contributed by atoms with Gasteiger partial charge >= 0.3 is 0 Å². The van der Waals surface area contributed by atoms with Gasteiger partial charge in [-0.3, -0.25) is 0 Å². The van der Waals surface area contributed by atoms with Crippen molar-refractivity contribution in [2.75, 3.05) is 0 Å². The normalized spacial score (nSPS) is 29.9. The zero-order valence-corrected chi connectivity index (χ0v) is 14.3. The van der Waals surface area contributed by atoms with Crippen LogP contribution in [0.3, 0.4) is 0 Å². The highest BCUT2D eigenvalue weighted by atomic mass is 32.2. The fraction of sp³-hybridized carbons (Fsp3) is 0.733. The van der Waals surface area contributed by atoms with E-state index in [9.17, 15) is 8.42 Å². The molecule has 3 atom stereocenters. The van der Waals surface area contributed by atoms with Crippen molar-refractivity contribution in [2.45, 2.75) is 63.1 Å². The van der Waals surface area contributed by atoms with Crippen LogP contribution in [0.5, 0.6) is 0 Å². The standard InChI is InChI=1S/C15H24N2O2S2/c1-10-3-6-15(11(10)2)17-21(18,19)14-7-13(20-9-14)8-16-12-4-5-12/h7,9-12,15-17H,3-6,8H2,1-2H3. The summed E-state index contributed by atoms with van der Waals surface area (Å²) in [5.41, 5.74) is 0. The predicted octanol–water partition coefficient (Wildman–Crippen LogP) is 2.71. The monoisotopic (exact) mass is 328 g/mol. The summed E-state index contributed by atoms with van der Waals surface area (Å²) in [7, 11) is -3.37. The SMILES string of the molecule is CC1CCC(NS(=O)(=O)c2csc(CNC3CC3)c2)C1C. The first-order chi connectivity index (χ1) is 9.95. The number of thiophene rings is 1. The van der Waals surface area contributed by atoms with E-state index in [1.54, 1.807) is 5.38 Å². The van der Waals surface area contributed by atoms with Gasteiger partial charge in [-0.1, -0.05) is 13.8 Å². The second-order valence-corrected chi connectivity index (χ2v) is 9.26. The zero-order valence-electron chi connectivity index (χ0n) is 12.6. The molecule has 0 aromatic carbocycles. The van der Waals surface area contributed by atoms with E-state index in [4.69, 9.17) is 0 Å². The van der Waals surface area contributed by atoms with E-state index >= 15 is 0 Å². The molecule has 3 rings (SSSR count). The Labute approximate surface area is 131 Å². The molecule has 1 aromatic heterocycles. The van der Waals surface area contributed by atoms with Crippen LogP contribution in [0.15, 0.2) is 16.3 Å². The van der Waals surface area contributed by atoms with Crippen molar-refractivity contribution in [3.05, 3.63) is 16.3 Å². The Balaban J connectivity index is 1.63. The first kappa shape index (κ1) is 15.5. The van der Waals surface area contributed by atoms with E-state index in [1.807, 2.05) is 6.07 Å². The topological polar surface area (TPSA) is 58.2 Å². The molecular weight excluding hydrogens is 304 g/mol. The quantitative estimate of drug-likeness (QED) is 0.844. The van der Waals surface area contributed by atoms with Crippen molar-refractivity contribution in [1.82, 2.24) is 10.0 Å². The number of hydrogen-bond donors (Lipinski definition) is 2. The minimum absolute atomic E-state index is 0.0814. The van der Waals surface area contributed by atoms with Gasteiger partial charge in [0.2, 0.25) is 10.0 Å². The summed E-state index contributed by atoms with van der Waals surface area (Å²) in [4.78, 5) is 1.52. The second kappa shape index (κ2) is 5.99. The molecule has 2 fully saturated rings. The maximum atomic E-state index is 12.5. The number of rotatable bonds is 6. The minimum Gasteiger partial charge on any atom is -0.309 e.